The molecule has 17 heavy (non-hydrogen) atoms. The first-order valence-corrected chi connectivity index (χ1v) is 5.49. The molecule has 1 aromatic carbocycles. The Morgan fingerprint density at radius 2 is 1.82 bits per heavy atom. The number of nitrogens with one attached hydrogen (secondary N) is 1. The normalized spacial score (nSPS) is 16.8. The van der Waals surface area contributed by atoms with Gasteiger partial charge in [0.15, 0.2) is 5.78 Å². The van der Waals surface area contributed by atoms with Crippen LogP contribution >= 0.6 is 0 Å². The van der Waals surface area contributed by atoms with Crippen molar-refractivity contribution in [3.05, 3.63) is 47.2 Å². The number of carboxylic acid groups (broad SMARTS) is 1. The molecule has 4 heteroatoms. The molecule has 0 spiro atoms. The van der Waals surface area contributed by atoms with Crippen LogP contribution in [0.2, 0.25) is 0 Å². The average Bonchev–Trinajstić information content (AvgIpc) is 2.82. The summed E-state index contributed by atoms with van der Waals surface area (Å²) < 4.78 is 0. The number of rotatable bonds is 3. The molecule has 0 unspecified atom stereocenters. The average molecular weight is 231 g/mol. The maximum Gasteiger partial charge on any atom is 0.335 e. The first-order chi connectivity index (χ1) is 8.16. The van der Waals surface area contributed by atoms with Gasteiger partial charge < -0.3 is 10.4 Å². The molecule has 1 saturated heterocycles. The highest BCUT2D eigenvalue weighted by Gasteiger charge is 2.10. The van der Waals surface area contributed by atoms with Gasteiger partial charge in [-0.2, -0.15) is 0 Å². The van der Waals surface area contributed by atoms with Crippen molar-refractivity contribution in [1.82, 2.24) is 5.32 Å². The number of ketones is 1. The second kappa shape index (κ2) is 4.82. The third-order valence-corrected chi connectivity index (χ3v) is 2.70. The van der Waals surface area contributed by atoms with Gasteiger partial charge in [0.05, 0.1) is 5.56 Å². The van der Waals surface area contributed by atoms with E-state index in [4.69, 9.17) is 5.11 Å². The van der Waals surface area contributed by atoms with Crippen molar-refractivity contribution < 1.29 is 14.7 Å². The van der Waals surface area contributed by atoms with Gasteiger partial charge in [0, 0.05) is 23.9 Å². The zero-order valence-electron chi connectivity index (χ0n) is 9.27. The molecule has 1 aromatic rings. The number of hydrogen-bond donors (Lipinski definition) is 2. The van der Waals surface area contributed by atoms with E-state index < -0.39 is 5.97 Å². The highest BCUT2D eigenvalue weighted by atomic mass is 16.4. The number of allylic oxidation sites excluding steroid dienone is 2. The van der Waals surface area contributed by atoms with Crippen molar-refractivity contribution >= 4 is 11.8 Å². The maximum absolute atomic E-state index is 11.8. The quantitative estimate of drug-likeness (QED) is 0.615. The summed E-state index contributed by atoms with van der Waals surface area (Å²) in [6.07, 6.45) is 3.54. The topological polar surface area (TPSA) is 66.4 Å². The van der Waals surface area contributed by atoms with E-state index in [0.717, 1.165) is 25.1 Å². The molecular formula is C13H13NO3. The lowest BCUT2D eigenvalue weighted by atomic mass is 10.1. The molecule has 0 saturated carbocycles. The number of carbonyl (C=O) groups excluding carboxylic acids is 1. The molecule has 1 aliphatic rings. The Balaban J connectivity index is 2.14. The van der Waals surface area contributed by atoms with Crippen LogP contribution in [0.3, 0.4) is 0 Å². The van der Waals surface area contributed by atoms with Crippen molar-refractivity contribution in [1.29, 1.82) is 0 Å². The second-order valence-electron chi connectivity index (χ2n) is 3.95. The van der Waals surface area contributed by atoms with Crippen molar-refractivity contribution in [2.45, 2.75) is 12.8 Å². The van der Waals surface area contributed by atoms with E-state index in [1.807, 2.05) is 0 Å². The fourth-order valence-corrected chi connectivity index (χ4v) is 1.76. The predicted octanol–water partition coefficient (Wildman–Crippen LogP) is 1.83. The minimum Gasteiger partial charge on any atom is -0.478 e. The van der Waals surface area contributed by atoms with Gasteiger partial charge >= 0.3 is 5.97 Å². The van der Waals surface area contributed by atoms with Crippen LogP contribution in [0.15, 0.2) is 36.0 Å². The Labute approximate surface area is 99.0 Å². The monoisotopic (exact) mass is 231 g/mol. The van der Waals surface area contributed by atoms with E-state index in [1.165, 1.54) is 24.3 Å². The minimum atomic E-state index is -0.986. The van der Waals surface area contributed by atoms with Crippen LogP contribution in [0, 0.1) is 0 Å². The molecule has 0 aliphatic carbocycles. The lowest BCUT2D eigenvalue weighted by Crippen LogP contribution is -2.06. The zero-order chi connectivity index (χ0) is 12.3. The minimum absolute atomic E-state index is 0.0914. The fourth-order valence-electron chi connectivity index (χ4n) is 1.76. The molecule has 2 N–H and O–H groups in total. The molecular weight excluding hydrogens is 218 g/mol. The van der Waals surface area contributed by atoms with Crippen molar-refractivity contribution in [2.24, 2.45) is 0 Å². The largest absolute Gasteiger partial charge is 0.478 e. The lowest BCUT2D eigenvalue weighted by Gasteiger charge is -2.00. The number of hydrogen-bond acceptors (Lipinski definition) is 3. The Hall–Kier alpha value is -2.10. The summed E-state index contributed by atoms with van der Waals surface area (Å²) in [5.74, 6) is -1.08. The second-order valence-corrected chi connectivity index (χ2v) is 3.95. The molecule has 88 valence electrons. The Morgan fingerprint density at radius 1 is 1.18 bits per heavy atom. The van der Waals surface area contributed by atoms with Crippen molar-refractivity contribution in [2.75, 3.05) is 6.54 Å². The van der Waals surface area contributed by atoms with Gasteiger partial charge in [-0.15, -0.1) is 0 Å². The summed E-state index contributed by atoms with van der Waals surface area (Å²) in [5.41, 5.74) is 1.65. The van der Waals surface area contributed by atoms with Crippen molar-refractivity contribution in [3.63, 3.8) is 0 Å². The summed E-state index contributed by atoms with van der Waals surface area (Å²) >= 11 is 0. The molecule has 1 heterocycles. The summed E-state index contributed by atoms with van der Waals surface area (Å²) in [4.78, 5) is 22.5. The van der Waals surface area contributed by atoms with E-state index in [1.54, 1.807) is 6.08 Å². The van der Waals surface area contributed by atoms with Crippen LogP contribution in [0.1, 0.15) is 33.6 Å². The highest BCUT2D eigenvalue weighted by Crippen LogP contribution is 2.11. The van der Waals surface area contributed by atoms with Crippen LogP contribution in [0.5, 0.6) is 0 Å². The number of benzene rings is 1. The van der Waals surface area contributed by atoms with Crippen LogP contribution in [-0.2, 0) is 0 Å². The summed E-state index contributed by atoms with van der Waals surface area (Å²) in [7, 11) is 0. The van der Waals surface area contributed by atoms with Gasteiger partial charge in [0.25, 0.3) is 0 Å². The van der Waals surface area contributed by atoms with E-state index in [2.05, 4.69) is 5.32 Å². The fraction of sp³-hybridized carbons (Fsp3) is 0.231. The third-order valence-electron chi connectivity index (χ3n) is 2.70. The molecule has 4 nitrogen and oxygen atoms in total. The highest BCUT2D eigenvalue weighted by molar-refractivity contribution is 6.05. The molecule has 0 atom stereocenters. The maximum atomic E-state index is 11.8. The predicted molar refractivity (Wildman–Crippen MR) is 63.1 cm³/mol. The number of aromatic carboxylic acids is 1. The van der Waals surface area contributed by atoms with E-state index in [0.29, 0.717) is 5.56 Å². The number of carboxylic acids is 1. The molecule has 0 radical (unpaired) electrons. The van der Waals surface area contributed by atoms with E-state index >= 15 is 0 Å². The molecule has 0 aromatic heterocycles. The summed E-state index contributed by atoms with van der Waals surface area (Å²) in [6, 6.07) is 5.96. The Morgan fingerprint density at radius 3 is 2.35 bits per heavy atom. The van der Waals surface area contributed by atoms with Crippen LogP contribution in [-0.4, -0.2) is 23.4 Å². The SMILES string of the molecule is O=C(O)c1ccc(C(=O)/C=C2/CCCN2)cc1. The first kappa shape index (κ1) is 11.4. The molecule has 2 rings (SSSR count). The van der Waals surface area contributed by atoms with Gasteiger partial charge in [0.2, 0.25) is 0 Å². The molecule has 1 fully saturated rings. The Bertz CT molecular complexity index is 466. The van der Waals surface area contributed by atoms with E-state index in [-0.39, 0.29) is 11.3 Å². The number of carbonyl (C=O) groups is 2. The standard InChI is InChI=1S/C13H13NO3/c15-12(8-11-2-1-7-14-11)9-3-5-10(6-4-9)13(16)17/h3-6,8,14H,1-2,7H2,(H,16,17)/b11-8-. The van der Waals surface area contributed by atoms with Crippen LogP contribution in [0.4, 0.5) is 0 Å². The summed E-state index contributed by atoms with van der Waals surface area (Å²) in [5, 5.41) is 11.9. The molecule has 0 bridgehead atoms. The Kier molecular flexibility index (Phi) is 3.23. The first-order valence-electron chi connectivity index (χ1n) is 5.49. The smallest absolute Gasteiger partial charge is 0.335 e. The third kappa shape index (κ3) is 2.72. The lowest BCUT2D eigenvalue weighted by molar-refractivity contribution is 0.0696. The van der Waals surface area contributed by atoms with Crippen LogP contribution in [0.25, 0.3) is 0 Å². The van der Waals surface area contributed by atoms with Gasteiger partial charge in [-0.05, 0) is 25.0 Å². The van der Waals surface area contributed by atoms with E-state index in [9.17, 15) is 9.59 Å². The zero-order valence-corrected chi connectivity index (χ0v) is 9.27. The van der Waals surface area contributed by atoms with Crippen LogP contribution < -0.4 is 5.32 Å². The van der Waals surface area contributed by atoms with Gasteiger partial charge in [0.1, 0.15) is 0 Å². The van der Waals surface area contributed by atoms with Gasteiger partial charge in [-0.3, -0.25) is 4.79 Å². The van der Waals surface area contributed by atoms with Gasteiger partial charge in [-0.1, -0.05) is 12.1 Å². The summed E-state index contributed by atoms with van der Waals surface area (Å²) in [6.45, 7) is 0.914. The molecule has 0 amide bonds. The van der Waals surface area contributed by atoms with Crippen molar-refractivity contribution in [3.8, 4) is 0 Å². The van der Waals surface area contributed by atoms with Gasteiger partial charge in [-0.25, -0.2) is 4.79 Å². The molecule has 1 aliphatic heterocycles.